The molecule has 2 heterocycles. The Morgan fingerprint density at radius 1 is 1.40 bits per heavy atom. The van der Waals surface area contributed by atoms with Crippen molar-refractivity contribution in [1.82, 2.24) is 10.2 Å². The summed E-state index contributed by atoms with van der Waals surface area (Å²) in [6.07, 6.45) is 8.70. The molecule has 1 aromatic rings. The zero-order valence-electron chi connectivity index (χ0n) is 13.1. The van der Waals surface area contributed by atoms with Crippen molar-refractivity contribution in [3.63, 3.8) is 0 Å². The second-order valence-electron chi connectivity index (χ2n) is 6.12. The molecular formula is C17H30N2O. The number of likely N-dealkylation sites (tertiary alicyclic amines) is 1. The lowest BCUT2D eigenvalue weighted by atomic mass is 9.96. The van der Waals surface area contributed by atoms with Crippen LogP contribution in [0.15, 0.2) is 22.8 Å². The molecule has 3 nitrogen and oxygen atoms in total. The summed E-state index contributed by atoms with van der Waals surface area (Å²) in [5, 5.41) is 3.55. The Morgan fingerprint density at radius 3 is 3.05 bits per heavy atom. The van der Waals surface area contributed by atoms with E-state index in [4.69, 9.17) is 4.42 Å². The molecule has 0 aliphatic carbocycles. The predicted octanol–water partition coefficient (Wildman–Crippen LogP) is 3.83. The summed E-state index contributed by atoms with van der Waals surface area (Å²) in [6.45, 7) is 9.23. The molecule has 0 amide bonds. The average molecular weight is 278 g/mol. The standard InChI is InChI=1S/C17H30N2O/c1-3-6-16-7-4-11-19(12-9-16)13-10-18-15(2)17-8-5-14-20-17/h5,8,14-16,18H,3-4,6-7,9-13H2,1-2H3. The third-order valence-electron chi connectivity index (χ3n) is 4.49. The maximum atomic E-state index is 5.42. The van der Waals surface area contributed by atoms with Crippen LogP contribution in [-0.4, -0.2) is 31.1 Å². The maximum absolute atomic E-state index is 5.42. The van der Waals surface area contributed by atoms with E-state index < -0.39 is 0 Å². The van der Waals surface area contributed by atoms with E-state index in [1.807, 2.05) is 12.1 Å². The zero-order valence-corrected chi connectivity index (χ0v) is 13.1. The maximum Gasteiger partial charge on any atom is 0.120 e. The molecule has 0 aromatic carbocycles. The van der Waals surface area contributed by atoms with Crippen LogP contribution in [-0.2, 0) is 0 Å². The molecule has 2 rings (SSSR count). The summed E-state index contributed by atoms with van der Waals surface area (Å²) in [4.78, 5) is 2.62. The fourth-order valence-electron chi connectivity index (χ4n) is 3.22. The molecule has 114 valence electrons. The van der Waals surface area contributed by atoms with E-state index in [9.17, 15) is 0 Å². The first-order chi connectivity index (χ1) is 9.79. The highest BCUT2D eigenvalue weighted by molar-refractivity contribution is 5.02. The van der Waals surface area contributed by atoms with E-state index in [2.05, 4.69) is 24.1 Å². The van der Waals surface area contributed by atoms with E-state index >= 15 is 0 Å². The van der Waals surface area contributed by atoms with E-state index in [1.54, 1.807) is 6.26 Å². The van der Waals surface area contributed by atoms with Gasteiger partial charge >= 0.3 is 0 Å². The predicted molar refractivity (Wildman–Crippen MR) is 83.8 cm³/mol. The molecule has 2 unspecified atom stereocenters. The van der Waals surface area contributed by atoms with Crippen molar-refractivity contribution >= 4 is 0 Å². The number of hydrogen-bond donors (Lipinski definition) is 1. The minimum Gasteiger partial charge on any atom is -0.468 e. The van der Waals surface area contributed by atoms with E-state index in [0.717, 1.165) is 24.8 Å². The van der Waals surface area contributed by atoms with Gasteiger partial charge in [-0.2, -0.15) is 0 Å². The molecular weight excluding hydrogens is 248 g/mol. The van der Waals surface area contributed by atoms with Crippen molar-refractivity contribution < 1.29 is 4.42 Å². The van der Waals surface area contributed by atoms with Crippen molar-refractivity contribution in [2.75, 3.05) is 26.2 Å². The number of nitrogens with zero attached hydrogens (tertiary/aromatic N) is 1. The van der Waals surface area contributed by atoms with Gasteiger partial charge in [0, 0.05) is 13.1 Å². The highest BCUT2D eigenvalue weighted by Gasteiger charge is 2.16. The molecule has 0 radical (unpaired) electrons. The minimum atomic E-state index is 0.310. The van der Waals surface area contributed by atoms with Crippen LogP contribution in [0.4, 0.5) is 0 Å². The Bertz CT molecular complexity index is 350. The summed E-state index contributed by atoms with van der Waals surface area (Å²) in [6, 6.07) is 4.31. The Morgan fingerprint density at radius 2 is 2.30 bits per heavy atom. The third-order valence-corrected chi connectivity index (χ3v) is 4.49. The van der Waals surface area contributed by atoms with E-state index in [0.29, 0.717) is 6.04 Å². The molecule has 1 N–H and O–H groups in total. The van der Waals surface area contributed by atoms with Gasteiger partial charge in [-0.1, -0.05) is 19.8 Å². The van der Waals surface area contributed by atoms with Crippen molar-refractivity contribution in [3.8, 4) is 0 Å². The topological polar surface area (TPSA) is 28.4 Å². The third kappa shape index (κ3) is 4.95. The quantitative estimate of drug-likeness (QED) is 0.821. The first-order valence-corrected chi connectivity index (χ1v) is 8.28. The molecule has 0 saturated carbocycles. The van der Waals surface area contributed by atoms with Gasteiger partial charge in [-0.3, -0.25) is 0 Å². The van der Waals surface area contributed by atoms with Crippen LogP contribution in [0, 0.1) is 5.92 Å². The van der Waals surface area contributed by atoms with Crippen molar-refractivity contribution in [2.45, 2.75) is 52.0 Å². The molecule has 3 heteroatoms. The molecule has 0 bridgehead atoms. The minimum absolute atomic E-state index is 0.310. The van der Waals surface area contributed by atoms with Gasteiger partial charge in [-0.15, -0.1) is 0 Å². The SMILES string of the molecule is CCCC1CCCN(CCNC(C)c2ccco2)CC1. The molecule has 1 aliphatic heterocycles. The first-order valence-electron chi connectivity index (χ1n) is 8.28. The van der Waals surface area contributed by atoms with Crippen molar-refractivity contribution in [1.29, 1.82) is 0 Å². The lowest BCUT2D eigenvalue weighted by Gasteiger charge is -2.21. The lowest BCUT2D eigenvalue weighted by Crippen LogP contribution is -2.33. The van der Waals surface area contributed by atoms with Crippen LogP contribution >= 0.6 is 0 Å². The van der Waals surface area contributed by atoms with Crippen molar-refractivity contribution in [2.24, 2.45) is 5.92 Å². The molecule has 1 saturated heterocycles. The Labute approximate surface area is 123 Å². The second-order valence-corrected chi connectivity index (χ2v) is 6.12. The van der Waals surface area contributed by atoms with Gasteiger partial charge in [-0.25, -0.2) is 0 Å². The van der Waals surface area contributed by atoms with Crippen molar-refractivity contribution in [3.05, 3.63) is 24.2 Å². The molecule has 1 aromatic heterocycles. The highest BCUT2D eigenvalue weighted by atomic mass is 16.3. The summed E-state index contributed by atoms with van der Waals surface area (Å²) in [7, 11) is 0. The Hall–Kier alpha value is -0.800. The van der Waals surface area contributed by atoms with E-state index in [-0.39, 0.29) is 0 Å². The van der Waals surface area contributed by atoms with Gasteiger partial charge in [0.2, 0.25) is 0 Å². The van der Waals surface area contributed by atoms with Gasteiger partial charge in [0.15, 0.2) is 0 Å². The largest absolute Gasteiger partial charge is 0.468 e. The van der Waals surface area contributed by atoms with Crippen LogP contribution in [0.25, 0.3) is 0 Å². The Kier molecular flexibility index (Phi) is 6.61. The van der Waals surface area contributed by atoms with Crippen LogP contribution < -0.4 is 5.32 Å². The number of hydrogen-bond acceptors (Lipinski definition) is 3. The summed E-state index contributed by atoms with van der Waals surface area (Å²) >= 11 is 0. The normalized spacial score (nSPS) is 22.6. The first kappa shape index (κ1) is 15.6. The molecule has 0 spiro atoms. The van der Waals surface area contributed by atoms with Crippen LogP contribution in [0.3, 0.4) is 0 Å². The number of furan rings is 1. The van der Waals surface area contributed by atoms with Crippen LogP contribution in [0.5, 0.6) is 0 Å². The van der Waals surface area contributed by atoms with Gasteiger partial charge < -0.3 is 14.6 Å². The second kappa shape index (κ2) is 8.48. The van der Waals surface area contributed by atoms with Gasteiger partial charge in [-0.05, 0) is 57.3 Å². The van der Waals surface area contributed by atoms with Crippen LogP contribution in [0.2, 0.25) is 0 Å². The van der Waals surface area contributed by atoms with Crippen LogP contribution in [0.1, 0.15) is 57.8 Å². The molecule has 2 atom stereocenters. The lowest BCUT2D eigenvalue weighted by molar-refractivity contribution is 0.272. The fraction of sp³-hybridized carbons (Fsp3) is 0.765. The summed E-state index contributed by atoms with van der Waals surface area (Å²) < 4.78 is 5.42. The molecule has 1 aliphatic rings. The van der Waals surface area contributed by atoms with E-state index in [1.165, 1.54) is 45.2 Å². The fourth-order valence-corrected chi connectivity index (χ4v) is 3.22. The monoisotopic (exact) mass is 278 g/mol. The summed E-state index contributed by atoms with van der Waals surface area (Å²) in [5.74, 6) is 2.00. The zero-order chi connectivity index (χ0) is 14.2. The average Bonchev–Trinajstić information content (AvgIpc) is 2.89. The number of nitrogens with one attached hydrogen (secondary N) is 1. The summed E-state index contributed by atoms with van der Waals surface area (Å²) in [5.41, 5.74) is 0. The van der Waals surface area contributed by atoms with Gasteiger partial charge in [0.1, 0.15) is 5.76 Å². The highest BCUT2D eigenvalue weighted by Crippen LogP contribution is 2.21. The Balaban J connectivity index is 1.64. The number of rotatable bonds is 7. The molecule has 1 fully saturated rings. The van der Waals surface area contributed by atoms with Gasteiger partial charge in [0.25, 0.3) is 0 Å². The molecule has 20 heavy (non-hydrogen) atoms. The smallest absolute Gasteiger partial charge is 0.120 e. The van der Waals surface area contributed by atoms with Gasteiger partial charge in [0.05, 0.1) is 12.3 Å².